The monoisotopic (exact) mass is 363 g/mol. The fourth-order valence-electron chi connectivity index (χ4n) is 2.99. The van der Waals surface area contributed by atoms with Crippen LogP contribution in [0.1, 0.15) is 16.7 Å². The summed E-state index contributed by atoms with van der Waals surface area (Å²) in [5, 5.41) is 13.0. The van der Waals surface area contributed by atoms with Crippen LogP contribution < -0.4 is 11.1 Å². The number of carbonyl (C=O) groups excluding carboxylic acids is 1. The van der Waals surface area contributed by atoms with Gasteiger partial charge in [-0.05, 0) is 28.8 Å². The molecule has 5 N–H and O–H groups in total. The normalized spacial score (nSPS) is 12.3. The molecule has 0 fully saturated rings. The molecule has 6 nitrogen and oxygen atoms in total. The molecule has 0 aliphatic heterocycles. The van der Waals surface area contributed by atoms with Crippen LogP contribution in [-0.2, 0) is 22.6 Å². The van der Waals surface area contributed by atoms with Crippen molar-refractivity contribution in [3.63, 3.8) is 0 Å². The van der Waals surface area contributed by atoms with Crippen molar-refractivity contribution < 1.29 is 14.7 Å². The Morgan fingerprint density at radius 2 is 1.85 bits per heavy atom. The van der Waals surface area contributed by atoms with E-state index in [-0.39, 0.29) is 6.42 Å². The predicted octanol–water partition coefficient (Wildman–Crippen LogP) is 2.45. The number of hydrogen-bond donors (Lipinski definition) is 4. The number of hydrogen-bond acceptors (Lipinski definition) is 3. The van der Waals surface area contributed by atoms with Gasteiger partial charge in [-0.1, -0.05) is 42.5 Å². The van der Waals surface area contributed by atoms with Crippen molar-refractivity contribution in [2.75, 3.05) is 0 Å². The molecule has 1 amide bonds. The largest absolute Gasteiger partial charge is 0.480 e. The lowest BCUT2D eigenvalue weighted by Crippen LogP contribution is -2.41. The number of carboxylic acid groups (broad SMARTS) is 1. The number of benzene rings is 2. The molecular formula is C21H21N3O3. The summed E-state index contributed by atoms with van der Waals surface area (Å²) in [5.41, 5.74) is 9.20. The van der Waals surface area contributed by atoms with Crippen molar-refractivity contribution in [2.45, 2.75) is 19.0 Å². The van der Waals surface area contributed by atoms with E-state index in [0.29, 0.717) is 6.54 Å². The number of fused-ring (bicyclic) bond motifs is 1. The number of para-hydroxylation sites is 1. The van der Waals surface area contributed by atoms with Gasteiger partial charge in [0, 0.05) is 36.1 Å². The molecule has 0 saturated heterocycles. The van der Waals surface area contributed by atoms with Crippen LogP contribution in [-0.4, -0.2) is 28.0 Å². The lowest BCUT2D eigenvalue weighted by atomic mass is 10.0. The second-order valence-electron chi connectivity index (χ2n) is 6.20. The van der Waals surface area contributed by atoms with E-state index in [1.807, 2.05) is 48.5 Å². The molecular weight excluding hydrogens is 342 g/mol. The van der Waals surface area contributed by atoms with Gasteiger partial charge in [0.1, 0.15) is 6.04 Å². The SMILES string of the molecule is NCc1ccccc1C=CC(=O)N[C@@H](Cc1c[nH]c2ccccc12)C(=O)O. The molecule has 6 heteroatoms. The molecule has 1 heterocycles. The Morgan fingerprint density at radius 3 is 2.63 bits per heavy atom. The first-order valence-electron chi connectivity index (χ1n) is 8.63. The third kappa shape index (κ3) is 4.43. The van der Waals surface area contributed by atoms with Crippen molar-refractivity contribution >= 4 is 28.9 Å². The summed E-state index contributed by atoms with van der Waals surface area (Å²) in [4.78, 5) is 26.9. The van der Waals surface area contributed by atoms with E-state index in [4.69, 9.17) is 5.73 Å². The average molecular weight is 363 g/mol. The standard InChI is InChI=1S/C21H21N3O3/c22-12-15-6-2-1-5-14(15)9-10-20(25)24-19(21(26)27)11-16-13-23-18-8-4-3-7-17(16)18/h1-10,13,19,23H,11-12,22H2,(H,24,25)(H,26,27)/t19-/m0/s1. The molecule has 27 heavy (non-hydrogen) atoms. The summed E-state index contributed by atoms with van der Waals surface area (Å²) in [6.45, 7) is 0.362. The van der Waals surface area contributed by atoms with Crippen molar-refractivity contribution in [1.29, 1.82) is 0 Å². The van der Waals surface area contributed by atoms with Gasteiger partial charge in [0.05, 0.1) is 0 Å². The molecule has 3 aromatic rings. The lowest BCUT2D eigenvalue weighted by Gasteiger charge is -2.13. The van der Waals surface area contributed by atoms with Crippen LogP contribution in [0.25, 0.3) is 17.0 Å². The molecule has 0 saturated carbocycles. The van der Waals surface area contributed by atoms with Crippen LogP contribution in [0.2, 0.25) is 0 Å². The van der Waals surface area contributed by atoms with Gasteiger partial charge in [-0.25, -0.2) is 4.79 Å². The summed E-state index contributed by atoms with van der Waals surface area (Å²) in [7, 11) is 0. The Balaban J connectivity index is 1.71. The molecule has 0 unspecified atom stereocenters. The molecule has 0 aliphatic rings. The number of rotatable bonds is 7. The Morgan fingerprint density at radius 1 is 1.11 bits per heavy atom. The second kappa shape index (κ2) is 8.33. The molecule has 1 aromatic heterocycles. The zero-order chi connectivity index (χ0) is 19.2. The Bertz CT molecular complexity index is 991. The molecule has 0 aliphatic carbocycles. The predicted molar refractivity (Wildman–Crippen MR) is 105 cm³/mol. The molecule has 0 radical (unpaired) electrons. The minimum Gasteiger partial charge on any atom is -0.480 e. The molecule has 1 atom stereocenters. The van der Waals surface area contributed by atoms with E-state index in [2.05, 4.69) is 10.3 Å². The molecule has 0 bridgehead atoms. The van der Waals surface area contributed by atoms with Gasteiger partial charge in [0.25, 0.3) is 0 Å². The number of amides is 1. The zero-order valence-electron chi connectivity index (χ0n) is 14.7. The van der Waals surface area contributed by atoms with Gasteiger partial charge < -0.3 is 21.1 Å². The highest BCUT2D eigenvalue weighted by Crippen LogP contribution is 2.19. The van der Waals surface area contributed by atoms with Gasteiger partial charge in [-0.3, -0.25) is 4.79 Å². The highest BCUT2D eigenvalue weighted by atomic mass is 16.4. The fraction of sp³-hybridized carbons (Fsp3) is 0.143. The number of H-pyrrole nitrogens is 1. The smallest absolute Gasteiger partial charge is 0.326 e. The lowest BCUT2D eigenvalue weighted by molar-refractivity contribution is -0.141. The Labute approximate surface area is 156 Å². The van der Waals surface area contributed by atoms with E-state index in [1.54, 1.807) is 12.3 Å². The van der Waals surface area contributed by atoms with Crippen LogP contribution >= 0.6 is 0 Å². The van der Waals surface area contributed by atoms with Gasteiger partial charge >= 0.3 is 5.97 Å². The topological polar surface area (TPSA) is 108 Å². The highest BCUT2D eigenvalue weighted by Gasteiger charge is 2.21. The Hall–Kier alpha value is -3.38. The number of carboxylic acids is 1. The van der Waals surface area contributed by atoms with Crippen LogP contribution in [0, 0.1) is 0 Å². The average Bonchev–Trinajstić information content (AvgIpc) is 3.09. The zero-order valence-corrected chi connectivity index (χ0v) is 14.7. The van der Waals surface area contributed by atoms with E-state index in [0.717, 1.165) is 27.6 Å². The van der Waals surface area contributed by atoms with E-state index in [9.17, 15) is 14.7 Å². The van der Waals surface area contributed by atoms with Gasteiger partial charge in [0.15, 0.2) is 0 Å². The number of nitrogens with two attached hydrogens (primary N) is 1. The van der Waals surface area contributed by atoms with Crippen molar-refractivity contribution in [2.24, 2.45) is 5.73 Å². The first-order chi connectivity index (χ1) is 13.1. The van der Waals surface area contributed by atoms with E-state index < -0.39 is 17.9 Å². The van der Waals surface area contributed by atoms with Crippen LogP contribution in [0.3, 0.4) is 0 Å². The minimum atomic E-state index is -1.08. The molecule has 138 valence electrons. The number of carbonyl (C=O) groups is 2. The van der Waals surface area contributed by atoms with E-state index >= 15 is 0 Å². The fourth-order valence-corrected chi connectivity index (χ4v) is 2.99. The Kier molecular flexibility index (Phi) is 5.68. The maximum Gasteiger partial charge on any atom is 0.326 e. The first-order valence-corrected chi connectivity index (χ1v) is 8.63. The maximum absolute atomic E-state index is 12.2. The number of nitrogens with one attached hydrogen (secondary N) is 2. The van der Waals surface area contributed by atoms with Crippen LogP contribution in [0.5, 0.6) is 0 Å². The van der Waals surface area contributed by atoms with Crippen LogP contribution in [0.15, 0.2) is 60.8 Å². The molecule has 3 rings (SSSR count). The molecule has 2 aromatic carbocycles. The summed E-state index contributed by atoms with van der Waals surface area (Å²) in [5.74, 6) is -1.54. The molecule has 0 spiro atoms. The highest BCUT2D eigenvalue weighted by molar-refractivity contribution is 5.95. The van der Waals surface area contributed by atoms with Gasteiger partial charge in [-0.15, -0.1) is 0 Å². The summed E-state index contributed by atoms with van der Waals surface area (Å²) < 4.78 is 0. The van der Waals surface area contributed by atoms with Crippen molar-refractivity contribution in [3.8, 4) is 0 Å². The maximum atomic E-state index is 12.2. The first kappa shape index (κ1) is 18.4. The second-order valence-corrected chi connectivity index (χ2v) is 6.20. The van der Waals surface area contributed by atoms with Crippen molar-refractivity contribution in [1.82, 2.24) is 10.3 Å². The number of aliphatic carboxylic acids is 1. The summed E-state index contributed by atoms with van der Waals surface area (Å²) in [6, 6.07) is 14.1. The van der Waals surface area contributed by atoms with Gasteiger partial charge in [-0.2, -0.15) is 0 Å². The number of aromatic nitrogens is 1. The summed E-state index contributed by atoms with van der Waals surface area (Å²) >= 11 is 0. The van der Waals surface area contributed by atoms with E-state index in [1.165, 1.54) is 6.08 Å². The number of aromatic amines is 1. The quantitative estimate of drug-likeness (QED) is 0.484. The minimum absolute atomic E-state index is 0.193. The third-order valence-electron chi connectivity index (χ3n) is 4.40. The summed E-state index contributed by atoms with van der Waals surface area (Å²) in [6.07, 6.45) is 4.94. The van der Waals surface area contributed by atoms with Gasteiger partial charge in [0.2, 0.25) is 5.91 Å². The third-order valence-corrected chi connectivity index (χ3v) is 4.40. The van der Waals surface area contributed by atoms with Crippen LogP contribution in [0.4, 0.5) is 0 Å². The van der Waals surface area contributed by atoms with Crippen molar-refractivity contribution in [3.05, 3.63) is 77.5 Å².